The number of ether oxygens (including phenoxy) is 1. The van der Waals surface area contributed by atoms with Gasteiger partial charge in [-0.1, -0.05) is 0 Å². The van der Waals surface area contributed by atoms with Gasteiger partial charge >= 0.3 is 247 Å². The van der Waals surface area contributed by atoms with Crippen molar-refractivity contribution in [3.8, 4) is 17.1 Å². The number of nitrogens with zero attached hydrogens (tertiary/aromatic N) is 3. The summed E-state index contributed by atoms with van der Waals surface area (Å²) in [6, 6.07) is 13.1. The molecule has 214 valence electrons. The Kier molecular flexibility index (Phi) is 8.70. The molecule has 0 aliphatic rings. The summed E-state index contributed by atoms with van der Waals surface area (Å²) in [4.78, 5) is 11.2. The minimum atomic E-state index is -3.97. The molecule has 0 radical (unpaired) electrons. The number of halogens is 2. The number of nitro groups is 1. The second kappa shape index (κ2) is 11.6. The van der Waals surface area contributed by atoms with Crippen LogP contribution >= 0.6 is 19.4 Å². The molecular formula is C31H35Cl2N3O3Ru. The number of benzene rings is 3. The Morgan fingerprint density at radius 1 is 0.825 bits per heavy atom. The van der Waals surface area contributed by atoms with E-state index in [0.717, 1.165) is 37.6 Å². The quantitative estimate of drug-likeness (QED) is 0.117. The van der Waals surface area contributed by atoms with Crippen LogP contribution in [0.2, 0.25) is 0 Å². The molecule has 9 heteroatoms. The Hall–Kier alpha value is -2.86. The number of hydrogen-bond donors (Lipinski definition) is 0. The molecule has 1 aromatic heterocycles. The maximum atomic E-state index is 11.7. The van der Waals surface area contributed by atoms with Crippen molar-refractivity contribution in [1.29, 1.82) is 0 Å². The molecule has 0 saturated carbocycles. The Bertz CT molecular complexity index is 1680. The number of aryl methyl sites for hydroxylation is 6. The molecule has 4 aromatic rings. The molecule has 0 atom stereocenters. The number of imidazole rings is 1. The normalized spacial score (nSPS) is 12.1. The van der Waals surface area contributed by atoms with Crippen LogP contribution in [-0.4, -0.2) is 24.8 Å². The molecule has 0 N–H and O–H groups in total. The fourth-order valence-corrected chi connectivity index (χ4v) is 10.9. The molecule has 0 unspecified atom stereocenters. The summed E-state index contributed by atoms with van der Waals surface area (Å²) >= 11 is -3.97. The van der Waals surface area contributed by atoms with Crippen molar-refractivity contribution in [2.75, 3.05) is 0 Å². The van der Waals surface area contributed by atoms with E-state index in [0.29, 0.717) is 11.3 Å². The van der Waals surface area contributed by atoms with E-state index in [1.807, 2.05) is 26.2 Å². The standard InChI is InChI=1S/C21H24N2.C10H11NO3.2ClH.Ru/c1-14-9-16(3)20(17(4)10-14)22-7-8-23(13-22)21-18(5)11-15(2)12-19(21)6;1-7(2)14-10-5-4-9(11(12)13)6-8(10)3;;;/h7-12H,1-6H3;3-7H,1-2H3;2*1H;/q;;;;+2/p-2. The fraction of sp³-hybridized carbons (Fsp3) is 0.290. The summed E-state index contributed by atoms with van der Waals surface area (Å²) < 4.78 is 12.7. The van der Waals surface area contributed by atoms with Crippen molar-refractivity contribution in [2.24, 2.45) is 0 Å². The molecule has 0 bridgehead atoms. The average molecular weight is 670 g/mol. The number of aromatic nitrogens is 2. The van der Waals surface area contributed by atoms with Crippen molar-refractivity contribution >= 4 is 29.7 Å². The second-order valence-electron chi connectivity index (χ2n) is 10.5. The topological polar surface area (TPSA) is 62.2 Å². The Labute approximate surface area is 245 Å². The van der Waals surface area contributed by atoms with Crippen LogP contribution in [0, 0.1) is 55.7 Å². The van der Waals surface area contributed by atoms with Crippen LogP contribution in [0.25, 0.3) is 11.4 Å². The van der Waals surface area contributed by atoms with Crippen LogP contribution in [-0.2, 0) is 11.9 Å². The van der Waals surface area contributed by atoms with Crippen molar-refractivity contribution < 1.29 is 21.6 Å². The molecule has 4 rings (SSSR count). The van der Waals surface area contributed by atoms with Gasteiger partial charge in [0.25, 0.3) is 0 Å². The number of hydrogen-bond acceptors (Lipinski definition) is 3. The van der Waals surface area contributed by atoms with Gasteiger partial charge in [-0.3, -0.25) is 0 Å². The van der Waals surface area contributed by atoms with Crippen LogP contribution < -0.4 is 4.74 Å². The molecule has 0 spiro atoms. The monoisotopic (exact) mass is 669 g/mol. The van der Waals surface area contributed by atoms with Gasteiger partial charge in [0.05, 0.1) is 0 Å². The van der Waals surface area contributed by atoms with Gasteiger partial charge in [-0.15, -0.1) is 0 Å². The van der Waals surface area contributed by atoms with Gasteiger partial charge in [-0.2, -0.15) is 0 Å². The zero-order chi connectivity index (χ0) is 29.5. The van der Waals surface area contributed by atoms with Gasteiger partial charge in [-0.25, -0.2) is 0 Å². The van der Waals surface area contributed by atoms with Crippen LogP contribution in [0.4, 0.5) is 5.69 Å². The molecular weight excluding hydrogens is 634 g/mol. The van der Waals surface area contributed by atoms with Crippen molar-refractivity contribution in [3.63, 3.8) is 0 Å². The number of nitro benzene ring substituents is 1. The first-order chi connectivity index (χ1) is 18.7. The van der Waals surface area contributed by atoms with Crippen LogP contribution in [0.1, 0.15) is 52.8 Å². The molecule has 1 heterocycles. The molecule has 3 aromatic carbocycles. The first-order valence-electron chi connectivity index (χ1n) is 12.9. The van der Waals surface area contributed by atoms with Crippen LogP contribution in [0.3, 0.4) is 0 Å². The van der Waals surface area contributed by atoms with E-state index in [1.165, 1.54) is 23.3 Å². The van der Waals surface area contributed by atoms with Gasteiger partial charge in [0.15, 0.2) is 0 Å². The summed E-state index contributed by atoms with van der Waals surface area (Å²) in [7, 11) is 14.9. The van der Waals surface area contributed by atoms with E-state index in [4.69, 9.17) is 24.1 Å². The molecule has 0 aliphatic heterocycles. The molecule has 40 heavy (non-hydrogen) atoms. The third kappa shape index (κ3) is 6.07. The van der Waals surface area contributed by atoms with E-state index in [-0.39, 0.29) is 11.8 Å². The van der Waals surface area contributed by atoms with Gasteiger partial charge < -0.3 is 0 Å². The summed E-state index contributed by atoms with van der Waals surface area (Å²) in [5.74, 6) is 0.502. The van der Waals surface area contributed by atoms with Crippen molar-refractivity contribution in [2.45, 2.75) is 61.5 Å². The van der Waals surface area contributed by atoms with Gasteiger partial charge in [0.1, 0.15) is 0 Å². The summed E-state index contributed by atoms with van der Waals surface area (Å²) in [5.41, 5.74) is 9.22. The molecule has 0 aliphatic carbocycles. The van der Waals surface area contributed by atoms with Crippen LogP contribution in [0.5, 0.6) is 5.75 Å². The van der Waals surface area contributed by atoms with Crippen LogP contribution in [0.15, 0.2) is 54.9 Å². The zero-order valence-corrected chi connectivity index (χ0v) is 27.3. The van der Waals surface area contributed by atoms with Gasteiger partial charge in [0.2, 0.25) is 0 Å². The molecule has 6 nitrogen and oxygen atoms in total. The SMILES string of the molecule is Cc1cc(C)c(-n2ccn(-c3c(C)cc(C)cc3C)[c]2=[Ru]([Cl])([Cl])=[CH]c2cc([N+](=O)[O-])ccc2OC(C)C)c(C)c1. The van der Waals surface area contributed by atoms with E-state index >= 15 is 0 Å². The van der Waals surface area contributed by atoms with Crippen molar-refractivity contribution in [1.82, 2.24) is 9.13 Å². The first kappa shape index (κ1) is 30.1. The number of rotatable bonds is 6. The third-order valence-corrected chi connectivity index (χ3v) is 11.9. The summed E-state index contributed by atoms with van der Waals surface area (Å²) in [5, 5.41) is 11.7. The van der Waals surface area contributed by atoms with E-state index < -0.39 is 16.8 Å². The predicted octanol–water partition coefficient (Wildman–Crippen LogP) is 8.66. The predicted molar refractivity (Wildman–Crippen MR) is 162 cm³/mol. The Balaban J connectivity index is 2.23. The van der Waals surface area contributed by atoms with E-state index in [1.54, 1.807) is 10.7 Å². The summed E-state index contributed by atoms with van der Waals surface area (Å²) in [6.07, 6.45) is 3.88. The first-order valence-corrected chi connectivity index (χ1v) is 19.3. The van der Waals surface area contributed by atoms with Gasteiger partial charge in [-0.05, 0) is 0 Å². The summed E-state index contributed by atoms with van der Waals surface area (Å²) in [6.45, 7) is 16.3. The molecule has 0 fully saturated rings. The van der Waals surface area contributed by atoms with Gasteiger partial charge in [0, 0.05) is 0 Å². The maximum absolute atomic E-state index is 11.7. The van der Waals surface area contributed by atoms with E-state index in [2.05, 4.69) is 74.9 Å². The van der Waals surface area contributed by atoms with E-state index in [9.17, 15) is 10.1 Å². The average Bonchev–Trinajstić information content (AvgIpc) is 3.23. The zero-order valence-electron chi connectivity index (χ0n) is 24.0. The fourth-order valence-electron chi connectivity index (χ4n) is 5.30. The number of non-ortho nitro benzene ring substituents is 1. The Morgan fingerprint density at radius 3 is 1.68 bits per heavy atom. The molecule has 0 amide bonds. The second-order valence-corrected chi connectivity index (χ2v) is 19.7. The minimum absolute atomic E-state index is 0.0513. The third-order valence-electron chi connectivity index (χ3n) is 6.52. The molecule has 0 saturated heterocycles. The Morgan fingerprint density at radius 2 is 1.27 bits per heavy atom. The van der Waals surface area contributed by atoms with Crippen molar-refractivity contribution in [3.05, 3.63) is 108 Å².